The number of amides is 1. The van der Waals surface area contributed by atoms with Crippen LogP contribution in [0.2, 0.25) is 0 Å². The number of nitrogens with zero attached hydrogens (tertiary/aromatic N) is 5. The molecule has 3 aliphatic heterocycles. The average molecular weight is 617 g/mol. The van der Waals surface area contributed by atoms with Gasteiger partial charge in [-0.05, 0) is 99.7 Å². The maximum atomic E-state index is 14.6. The van der Waals surface area contributed by atoms with Crippen LogP contribution in [0.1, 0.15) is 78.4 Å². The minimum absolute atomic E-state index is 0.140. The SMILES string of the molecule is C=CC(F)(F)c1[nH]ncc1C(=O)N1CCC(CCN2C3CCC2CC(n2c(C)nc4ccccc42)C3)(c2cccc(F)c2)CC1. The highest BCUT2D eigenvalue weighted by atomic mass is 19.3. The van der Waals surface area contributed by atoms with Crippen LogP contribution in [0.3, 0.4) is 0 Å². The minimum atomic E-state index is -3.39. The number of aryl methyl sites for hydroxylation is 1. The second-order valence-electron chi connectivity index (χ2n) is 13.1. The number of hydrogen-bond acceptors (Lipinski definition) is 4. The highest BCUT2D eigenvalue weighted by molar-refractivity contribution is 5.95. The van der Waals surface area contributed by atoms with Crippen molar-refractivity contribution in [2.75, 3.05) is 19.6 Å². The summed E-state index contributed by atoms with van der Waals surface area (Å²) in [5.41, 5.74) is 2.19. The molecule has 2 atom stereocenters. The van der Waals surface area contributed by atoms with E-state index in [0.29, 0.717) is 50.1 Å². The first-order valence-corrected chi connectivity index (χ1v) is 16.0. The average Bonchev–Trinajstić information content (AvgIpc) is 3.73. The number of likely N-dealkylation sites (tertiary alicyclic amines) is 1. The van der Waals surface area contributed by atoms with Crippen LogP contribution in [-0.2, 0) is 11.3 Å². The largest absolute Gasteiger partial charge is 0.338 e. The number of rotatable bonds is 8. The number of fused-ring (bicyclic) bond motifs is 3. The molecule has 1 amide bonds. The van der Waals surface area contributed by atoms with Gasteiger partial charge in [-0.2, -0.15) is 13.9 Å². The van der Waals surface area contributed by atoms with Gasteiger partial charge in [0.15, 0.2) is 0 Å². The highest BCUT2D eigenvalue weighted by Gasteiger charge is 2.45. The number of allylic oxidation sites excluding steroid dienone is 1. The number of hydrogen-bond donors (Lipinski definition) is 1. The monoisotopic (exact) mass is 616 g/mol. The van der Waals surface area contributed by atoms with Gasteiger partial charge in [-0.3, -0.25) is 14.8 Å². The molecule has 2 aromatic carbocycles. The highest BCUT2D eigenvalue weighted by Crippen LogP contribution is 2.45. The van der Waals surface area contributed by atoms with Crippen LogP contribution >= 0.6 is 0 Å². The lowest BCUT2D eigenvalue weighted by Crippen LogP contribution is -2.49. The number of imidazole rings is 1. The third-order valence-electron chi connectivity index (χ3n) is 10.7. The first-order chi connectivity index (χ1) is 21.7. The van der Waals surface area contributed by atoms with Crippen molar-refractivity contribution in [1.29, 1.82) is 0 Å². The number of benzene rings is 2. The summed E-state index contributed by atoms with van der Waals surface area (Å²) in [6, 6.07) is 16.6. The fourth-order valence-electron chi connectivity index (χ4n) is 8.40. The van der Waals surface area contributed by atoms with Crippen LogP contribution < -0.4 is 0 Å². The van der Waals surface area contributed by atoms with Crippen molar-refractivity contribution in [2.24, 2.45) is 0 Å². The number of para-hydroxylation sites is 2. The number of carbonyl (C=O) groups excluding carboxylic acids is 1. The molecule has 236 valence electrons. The smallest absolute Gasteiger partial charge is 0.308 e. The second kappa shape index (κ2) is 11.5. The molecule has 2 unspecified atom stereocenters. The van der Waals surface area contributed by atoms with E-state index < -0.39 is 17.5 Å². The van der Waals surface area contributed by atoms with Gasteiger partial charge in [0, 0.05) is 31.2 Å². The fourth-order valence-corrected chi connectivity index (χ4v) is 8.40. The molecule has 3 fully saturated rings. The van der Waals surface area contributed by atoms with Crippen LogP contribution in [-0.4, -0.2) is 67.2 Å². The van der Waals surface area contributed by atoms with Gasteiger partial charge >= 0.3 is 5.92 Å². The molecule has 5 heterocycles. The molecule has 4 aromatic rings. The molecular weight excluding hydrogens is 577 g/mol. The standard InChI is InChI=1S/C35H39F3N6O/c1-3-35(37,38)32-29(22-39-41-32)33(45)42-16-13-34(14-17-42,24-7-6-8-25(36)19-24)15-18-43-26-11-12-27(43)21-28(20-26)44-23(2)40-30-9-4-5-10-31(30)44/h3-10,19,22,26-28H,1,11-18,20-21H2,2H3,(H,39,41). The minimum Gasteiger partial charge on any atom is -0.338 e. The van der Waals surface area contributed by atoms with E-state index in [2.05, 4.69) is 51.4 Å². The van der Waals surface area contributed by atoms with Crippen LogP contribution in [0.15, 0.2) is 67.4 Å². The van der Waals surface area contributed by atoms with Crippen LogP contribution in [0, 0.1) is 12.7 Å². The number of halogens is 3. The molecule has 45 heavy (non-hydrogen) atoms. The zero-order chi connectivity index (χ0) is 31.3. The van der Waals surface area contributed by atoms with Gasteiger partial charge in [0.1, 0.15) is 17.3 Å². The fraction of sp³-hybridized carbons (Fsp3) is 0.457. The Morgan fingerprint density at radius 3 is 2.53 bits per heavy atom. The Labute approximate surface area is 261 Å². The molecule has 0 spiro atoms. The van der Waals surface area contributed by atoms with Crippen molar-refractivity contribution in [1.82, 2.24) is 29.5 Å². The predicted molar refractivity (Wildman–Crippen MR) is 167 cm³/mol. The van der Waals surface area contributed by atoms with Crippen molar-refractivity contribution in [3.63, 3.8) is 0 Å². The molecule has 3 saturated heterocycles. The van der Waals surface area contributed by atoms with Crippen LogP contribution in [0.5, 0.6) is 0 Å². The van der Waals surface area contributed by atoms with Crippen molar-refractivity contribution in [2.45, 2.75) is 81.3 Å². The molecule has 2 aromatic heterocycles. The third kappa shape index (κ3) is 5.26. The summed E-state index contributed by atoms with van der Waals surface area (Å²) in [7, 11) is 0. The first-order valence-electron chi connectivity index (χ1n) is 16.0. The quantitative estimate of drug-likeness (QED) is 0.218. The molecule has 2 bridgehead atoms. The molecule has 7 nitrogen and oxygen atoms in total. The lowest BCUT2D eigenvalue weighted by Gasteiger charge is -2.45. The van der Waals surface area contributed by atoms with Crippen molar-refractivity contribution < 1.29 is 18.0 Å². The van der Waals surface area contributed by atoms with E-state index in [4.69, 9.17) is 4.98 Å². The van der Waals surface area contributed by atoms with E-state index in [1.807, 2.05) is 12.1 Å². The third-order valence-corrected chi connectivity index (χ3v) is 10.7. The number of nitrogens with one attached hydrogen (secondary N) is 1. The number of carbonyl (C=O) groups is 1. The lowest BCUT2D eigenvalue weighted by molar-refractivity contribution is 0.0426. The Hall–Kier alpha value is -3.92. The van der Waals surface area contributed by atoms with Crippen LogP contribution in [0.25, 0.3) is 11.0 Å². The zero-order valence-corrected chi connectivity index (χ0v) is 25.6. The van der Waals surface area contributed by atoms with E-state index >= 15 is 0 Å². The van der Waals surface area contributed by atoms with E-state index in [1.165, 1.54) is 24.4 Å². The normalized spacial score (nSPS) is 23.5. The van der Waals surface area contributed by atoms with Crippen molar-refractivity contribution in [3.8, 4) is 0 Å². The molecule has 0 radical (unpaired) electrons. The molecule has 7 rings (SSSR count). The van der Waals surface area contributed by atoms with Gasteiger partial charge in [0.05, 0.1) is 22.8 Å². The second-order valence-corrected chi connectivity index (χ2v) is 13.1. The van der Waals surface area contributed by atoms with Gasteiger partial charge in [-0.15, -0.1) is 0 Å². The molecule has 3 aliphatic rings. The van der Waals surface area contributed by atoms with Gasteiger partial charge in [-0.1, -0.05) is 30.8 Å². The number of alkyl halides is 2. The van der Waals surface area contributed by atoms with Gasteiger partial charge in [-0.25, -0.2) is 9.37 Å². The summed E-state index contributed by atoms with van der Waals surface area (Å²) < 4.78 is 45.8. The molecule has 1 N–H and O–H groups in total. The Morgan fingerprint density at radius 1 is 1.09 bits per heavy atom. The van der Waals surface area contributed by atoms with Gasteiger partial charge in [0.25, 0.3) is 5.91 Å². The maximum Gasteiger partial charge on any atom is 0.308 e. The van der Waals surface area contributed by atoms with Crippen LogP contribution in [0.4, 0.5) is 13.2 Å². The summed E-state index contributed by atoms with van der Waals surface area (Å²) in [6.07, 6.45) is 8.26. The molecule has 0 saturated carbocycles. The summed E-state index contributed by atoms with van der Waals surface area (Å²) >= 11 is 0. The van der Waals surface area contributed by atoms with E-state index in [-0.39, 0.29) is 16.8 Å². The summed E-state index contributed by atoms with van der Waals surface area (Å²) in [6.45, 7) is 6.99. The van der Waals surface area contributed by atoms with E-state index in [9.17, 15) is 18.0 Å². The summed E-state index contributed by atoms with van der Waals surface area (Å²) in [5, 5.41) is 6.02. The first kappa shape index (κ1) is 29.8. The van der Waals surface area contributed by atoms with E-state index in [0.717, 1.165) is 48.9 Å². The van der Waals surface area contributed by atoms with Gasteiger partial charge in [0.2, 0.25) is 0 Å². The lowest BCUT2D eigenvalue weighted by atomic mass is 9.70. The van der Waals surface area contributed by atoms with Crippen molar-refractivity contribution in [3.05, 3.63) is 95.8 Å². The number of aromatic nitrogens is 4. The number of H-pyrrole nitrogens is 1. The Kier molecular flexibility index (Phi) is 7.58. The summed E-state index contributed by atoms with van der Waals surface area (Å²) in [4.78, 5) is 22.5. The Morgan fingerprint density at radius 2 is 1.82 bits per heavy atom. The maximum absolute atomic E-state index is 14.6. The van der Waals surface area contributed by atoms with Gasteiger partial charge < -0.3 is 9.47 Å². The topological polar surface area (TPSA) is 70.1 Å². The molecule has 10 heteroatoms. The molecule has 0 aliphatic carbocycles. The predicted octanol–water partition coefficient (Wildman–Crippen LogP) is 6.92. The van der Waals surface area contributed by atoms with E-state index in [1.54, 1.807) is 17.0 Å². The molecular formula is C35H39F3N6O. The van der Waals surface area contributed by atoms with Crippen molar-refractivity contribution >= 4 is 16.9 Å². The summed E-state index contributed by atoms with van der Waals surface area (Å²) in [5.74, 6) is -3.07. The zero-order valence-electron chi connectivity index (χ0n) is 25.6. The Bertz CT molecular complexity index is 1710. The number of piperidine rings is 2. The number of aromatic amines is 1. The Balaban J connectivity index is 1.08.